The number of nitrogens with one attached hydrogen (secondary N) is 1. The number of Topliss-reactive ketones (excluding diaryl/α,β-unsaturated/α-hetero) is 1. The maximum Gasteiger partial charge on any atom is 0.231 e. The van der Waals surface area contributed by atoms with E-state index in [0.29, 0.717) is 16.4 Å². The van der Waals surface area contributed by atoms with E-state index in [9.17, 15) is 9.59 Å². The molecule has 0 aliphatic rings. The number of nitrogens with two attached hydrogens (primary N) is 1. The van der Waals surface area contributed by atoms with Crippen molar-refractivity contribution >= 4 is 34.7 Å². The molecule has 0 aliphatic heterocycles. The van der Waals surface area contributed by atoms with Crippen LogP contribution >= 0.6 is 11.6 Å². The summed E-state index contributed by atoms with van der Waals surface area (Å²) < 4.78 is 0. The molecule has 1 rings (SSSR count). The first-order chi connectivity index (χ1) is 6.99. The maximum absolute atomic E-state index is 11.2. The number of rotatable bonds is 3. The lowest BCUT2D eigenvalue weighted by atomic mass is 10.2. The molecular formula is C10H11ClN2O2. The lowest BCUT2D eigenvalue weighted by molar-refractivity contribution is -0.124. The highest BCUT2D eigenvalue weighted by Gasteiger charge is 2.07. The van der Waals surface area contributed by atoms with Gasteiger partial charge in [-0.25, -0.2) is 0 Å². The van der Waals surface area contributed by atoms with Crippen LogP contribution in [0.1, 0.15) is 13.3 Å². The van der Waals surface area contributed by atoms with E-state index >= 15 is 0 Å². The molecule has 1 amide bonds. The fourth-order valence-electron chi connectivity index (χ4n) is 1.07. The van der Waals surface area contributed by atoms with E-state index in [0.717, 1.165) is 0 Å². The molecule has 0 spiro atoms. The van der Waals surface area contributed by atoms with Gasteiger partial charge in [-0.05, 0) is 25.1 Å². The zero-order chi connectivity index (χ0) is 11.4. The molecule has 5 heteroatoms. The summed E-state index contributed by atoms with van der Waals surface area (Å²) in [5.74, 6) is -0.573. The van der Waals surface area contributed by atoms with Gasteiger partial charge in [-0.1, -0.05) is 11.6 Å². The highest BCUT2D eigenvalue weighted by Crippen LogP contribution is 2.22. The molecule has 0 unspecified atom stereocenters. The monoisotopic (exact) mass is 226 g/mol. The van der Waals surface area contributed by atoms with Crippen LogP contribution in [-0.4, -0.2) is 11.7 Å². The van der Waals surface area contributed by atoms with Crippen molar-refractivity contribution in [1.29, 1.82) is 0 Å². The van der Waals surface area contributed by atoms with Crippen LogP contribution in [0.15, 0.2) is 18.2 Å². The Morgan fingerprint density at radius 2 is 2.13 bits per heavy atom. The number of nitrogen functional groups attached to an aromatic ring is 1. The standard InChI is InChI=1S/C10H11ClN2O2/c1-6(14)4-10(15)13-9-3-2-7(11)5-8(9)12/h2-3,5H,4,12H2,1H3,(H,13,15). The molecule has 0 bridgehead atoms. The second-order valence-electron chi connectivity index (χ2n) is 3.16. The summed E-state index contributed by atoms with van der Waals surface area (Å²) in [5, 5.41) is 3.02. The Hall–Kier alpha value is -1.55. The molecule has 4 nitrogen and oxygen atoms in total. The van der Waals surface area contributed by atoms with E-state index in [1.54, 1.807) is 12.1 Å². The SMILES string of the molecule is CC(=O)CC(=O)Nc1ccc(Cl)cc1N. The predicted octanol–water partition coefficient (Wildman–Crippen LogP) is 1.84. The Balaban J connectivity index is 2.72. The average molecular weight is 227 g/mol. The second-order valence-corrected chi connectivity index (χ2v) is 3.59. The van der Waals surface area contributed by atoms with Crippen molar-refractivity contribution in [1.82, 2.24) is 0 Å². The molecule has 0 saturated carbocycles. The minimum absolute atomic E-state index is 0.151. The molecule has 15 heavy (non-hydrogen) atoms. The molecule has 0 saturated heterocycles. The lowest BCUT2D eigenvalue weighted by Gasteiger charge is -2.07. The molecule has 0 aliphatic carbocycles. The first kappa shape index (κ1) is 11.5. The molecule has 0 radical (unpaired) electrons. The fraction of sp³-hybridized carbons (Fsp3) is 0.200. The van der Waals surface area contributed by atoms with Gasteiger partial charge in [0.25, 0.3) is 0 Å². The Bertz CT molecular complexity index is 404. The minimum Gasteiger partial charge on any atom is -0.397 e. The van der Waals surface area contributed by atoms with Gasteiger partial charge in [-0.3, -0.25) is 9.59 Å². The number of amides is 1. The summed E-state index contributed by atoms with van der Waals surface area (Å²) in [5.41, 5.74) is 6.45. The van der Waals surface area contributed by atoms with Crippen LogP contribution < -0.4 is 11.1 Å². The number of hydrogen-bond acceptors (Lipinski definition) is 3. The smallest absolute Gasteiger partial charge is 0.231 e. The third-order valence-electron chi connectivity index (χ3n) is 1.70. The lowest BCUT2D eigenvalue weighted by Crippen LogP contribution is -2.15. The van der Waals surface area contributed by atoms with Gasteiger partial charge in [0, 0.05) is 5.02 Å². The van der Waals surface area contributed by atoms with Gasteiger partial charge in [0.2, 0.25) is 5.91 Å². The number of halogens is 1. The third-order valence-corrected chi connectivity index (χ3v) is 1.93. The number of hydrogen-bond donors (Lipinski definition) is 2. The molecule has 1 aromatic carbocycles. The predicted molar refractivity (Wildman–Crippen MR) is 59.8 cm³/mol. The van der Waals surface area contributed by atoms with Gasteiger partial charge in [0.15, 0.2) is 0 Å². The van der Waals surface area contributed by atoms with Gasteiger partial charge >= 0.3 is 0 Å². The van der Waals surface area contributed by atoms with Crippen LogP contribution in [0.5, 0.6) is 0 Å². The van der Waals surface area contributed by atoms with Crippen molar-refractivity contribution in [3.05, 3.63) is 23.2 Å². The van der Waals surface area contributed by atoms with E-state index in [4.69, 9.17) is 17.3 Å². The van der Waals surface area contributed by atoms with Crippen molar-refractivity contribution in [3.63, 3.8) is 0 Å². The number of ketones is 1. The van der Waals surface area contributed by atoms with Crippen LogP contribution in [0.2, 0.25) is 5.02 Å². The molecule has 0 atom stereocenters. The summed E-state index contributed by atoms with van der Waals surface area (Å²) in [4.78, 5) is 21.9. The van der Waals surface area contributed by atoms with Gasteiger partial charge in [-0.15, -0.1) is 0 Å². The second kappa shape index (κ2) is 4.79. The Kier molecular flexibility index (Phi) is 3.68. The summed E-state index contributed by atoms with van der Waals surface area (Å²) in [7, 11) is 0. The highest BCUT2D eigenvalue weighted by molar-refractivity contribution is 6.31. The zero-order valence-corrected chi connectivity index (χ0v) is 8.97. The van der Waals surface area contributed by atoms with Gasteiger partial charge < -0.3 is 11.1 Å². The summed E-state index contributed by atoms with van der Waals surface area (Å²) in [6.07, 6.45) is -0.151. The number of anilines is 2. The van der Waals surface area contributed by atoms with Crippen molar-refractivity contribution in [3.8, 4) is 0 Å². The van der Waals surface area contributed by atoms with Crippen molar-refractivity contribution < 1.29 is 9.59 Å². The van der Waals surface area contributed by atoms with E-state index < -0.39 is 0 Å². The van der Waals surface area contributed by atoms with E-state index in [1.165, 1.54) is 13.0 Å². The van der Waals surface area contributed by atoms with Crippen LogP contribution in [0.4, 0.5) is 11.4 Å². The van der Waals surface area contributed by atoms with Crippen LogP contribution in [-0.2, 0) is 9.59 Å². The molecule has 80 valence electrons. The molecule has 1 aromatic rings. The quantitative estimate of drug-likeness (QED) is 0.610. The molecular weight excluding hydrogens is 216 g/mol. The van der Waals surface area contributed by atoms with Crippen molar-refractivity contribution in [2.45, 2.75) is 13.3 Å². The minimum atomic E-state index is -0.378. The molecule has 0 aromatic heterocycles. The summed E-state index contributed by atoms with van der Waals surface area (Å²) in [6, 6.07) is 4.74. The van der Waals surface area contributed by atoms with Gasteiger partial charge in [0.05, 0.1) is 17.8 Å². The number of carbonyl (C=O) groups is 2. The fourth-order valence-corrected chi connectivity index (χ4v) is 1.25. The Morgan fingerprint density at radius 1 is 1.47 bits per heavy atom. The van der Waals surface area contributed by atoms with Crippen molar-refractivity contribution in [2.24, 2.45) is 0 Å². The Morgan fingerprint density at radius 3 is 2.67 bits per heavy atom. The third kappa shape index (κ3) is 3.59. The average Bonchev–Trinajstić information content (AvgIpc) is 2.08. The number of benzene rings is 1. The zero-order valence-electron chi connectivity index (χ0n) is 8.21. The molecule has 0 heterocycles. The van der Waals surface area contributed by atoms with E-state index in [-0.39, 0.29) is 18.1 Å². The van der Waals surface area contributed by atoms with Crippen LogP contribution in [0, 0.1) is 0 Å². The maximum atomic E-state index is 11.2. The van der Waals surface area contributed by atoms with Crippen LogP contribution in [0.3, 0.4) is 0 Å². The van der Waals surface area contributed by atoms with Gasteiger partial charge in [0.1, 0.15) is 5.78 Å². The van der Waals surface area contributed by atoms with E-state index in [2.05, 4.69) is 5.32 Å². The largest absolute Gasteiger partial charge is 0.397 e. The molecule has 3 N–H and O–H groups in total. The summed E-state index contributed by atoms with van der Waals surface area (Å²) in [6.45, 7) is 1.35. The van der Waals surface area contributed by atoms with Crippen molar-refractivity contribution in [2.75, 3.05) is 11.1 Å². The van der Waals surface area contributed by atoms with E-state index in [1.807, 2.05) is 0 Å². The number of carbonyl (C=O) groups excluding carboxylic acids is 2. The highest BCUT2D eigenvalue weighted by atomic mass is 35.5. The normalized spacial score (nSPS) is 9.73. The van der Waals surface area contributed by atoms with Gasteiger partial charge in [-0.2, -0.15) is 0 Å². The first-order valence-electron chi connectivity index (χ1n) is 4.33. The molecule has 0 fully saturated rings. The Labute approximate surface area is 92.4 Å². The topological polar surface area (TPSA) is 72.2 Å². The first-order valence-corrected chi connectivity index (χ1v) is 4.71. The van der Waals surface area contributed by atoms with Crippen LogP contribution in [0.25, 0.3) is 0 Å². The summed E-state index contributed by atoms with van der Waals surface area (Å²) >= 11 is 5.69.